The Morgan fingerprint density at radius 3 is 2.76 bits per heavy atom. The molecule has 0 saturated carbocycles. The van der Waals surface area contributed by atoms with Crippen LogP contribution in [0.25, 0.3) is 0 Å². The van der Waals surface area contributed by atoms with Crippen LogP contribution in [0.2, 0.25) is 9.36 Å². The van der Waals surface area contributed by atoms with Gasteiger partial charge < -0.3 is 5.11 Å². The van der Waals surface area contributed by atoms with E-state index in [1.165, 1.54) is 29.7 Å². The zero-order valence-electron chi connectivity index (χ0n) is 8.53. The molecule has 1 aromatic carbocycles. The lowest BCUT2D eigenvalue weighted by Crippen LogP contribution is -2.03. The fraction of sp³-hybridized carbons (Fsp3) is 0.182. The molecule has 0 fully saturated rings. The molecule has 0 amide bonds. The summed E-state index contributed by atoms with van der Waals surface area (Å²) in [5.41, 5.74) is 0.285. The zero-order valence-corrected chi connectivity index (χ0v) is 10.9. The van der Waals surface area contributed by atoms with Crippen molar-refractivity contribution < 1.29 is 9.50 Å². The smallest absolute Gasteiger partial charge is 0.127 e. The van der Waals surface area contributed by atoms with Crippen LogP contribution in [0, 0.1) is 5.82 Å². The van der Waals surface area contributed by atoms with Crippen molar-refractivity contribution in [1.82, 2.24) is 4.98 Å². The molecule has 90 valence electrons. The van der Waals surface area contributed by atoms with E-state index in [0.717, 1.165) is 0 Å². The number of aromatic nitrogens is 1. The summed E-state index contributed by atoms with van der Waals surface area (Å²) in [6.45, 7) is 0. The lowest BCUT2D eigenvalue weighted by molar-refractivity contribution is 0.176. The Morgan fingerprint density at radius 1 is 1.41 bits per heavy atom. The highest BCUT2D eigenvalue weighted by atomic mass is 35.5. The number of nitrogens with zero attached hydrogens (tertiary/aromatic N) is 1. The Labute approximate surface area is 112 Å². The van der Waals surface area contributed by atoms with Gasteiger partial charge in [0.1, 0.15) is 21.3 Å². The lowest BCUT2D eigenvalue weighted by atomic mass is 10.1. The lowest BCUT2D eigenvalue weighted by Gasteiger charge is -2.09. The van der Waals surface area contributed by atoms with E-state index in [2.05, 4.69) is 4.98 Å². The number of hydrogen-bond acceptors (Lipinski definition) is 3. The monoisotopic (exact) mass is 291 g/mol. The standard InChI is InChI=1S/C11H8Cl2FNOS/c12-7-2-1-3-8(14)6(7)4-9(16)11-15-5-10(13)17-11/h1-3,5,9,16H,4H2. The van der Waals surface area contributed by atoms with Crippen LogP contribution in [0.4, 0.5) is 4.39 Å². The van der Waals surface area contributed by atoms with Gasteiger partial charge in [0.15, 0.2) is 0 Å². The summed E-state index contributed by atoms with van der Waals surface area (Å²) in [6.07, 6.45) is 0.630. The highest BCUT2D eigenvalue weighted by molar-refractivity contribution is 7.15. The van der Waals surface area contributed by atoms with Crippen LogP contribution in [0.15, 0.2) is 24.4 Å². The number of thiazole rings is 1. The van der Waals surface area contributed by atoms with Crippen LogP contribution in [-0.2, 0) is 6.42 Å². The van der Waals surface area contributed by atoms with Gasteiger partial charge >= 0.3 is 0 Å². The van der Waals surface area contributed by atoms with E-state index in [1.807, 2.05) is 0 Å². The Kier molecular flexibility index (Phi) is 3.99. The van der Waals surface area contributed by atoms with Crippen LogP contribution in [0.3, 0.4) is 0 Å². The van der Waals surface area contributed by atoms with Gasteiger partial charge in [-0.3, -0.25) is 0 Å². The van der Waals surface area contributed by atoms with Crippen molar-refractivity contribution in [2.75, 3.05) is 0 Å². The van der Waals surface area contributed by atoms with E-state index in [9.17, 15) is 9.50 Å². The molecule has 2 nitrogen and oxygen atoms in total. The summed E-state index contributed by atoms with van der Waals surface area (Å²) in [6, 6.07) is 4.41. The third kappa shape index (κ3) is 2.96. The minimum atomic E-state index is -0.901. The molecular formula is C11H8Cl2FNOS. The highest BCUT2D eigenvalue weighted by Crippen LogP contribution is 2.29. The van der Waals surface area contributed by atoms with Crippen LogP contribution in [0.5, 0.6) is 0 Å². The van der Waals surface area contributed by atoms with E-state index >= 15 is 0 Å². The normalized spacial score (nSPS) is 12.7. The summed E-state index contributed by atoms with van der Waals surface area (Å²) >= 11 is 12.8. The first-order valence-electron chi connectivity index (χ1n) is 4.80. The average Bonchev–Trinajstić information content (AvgIpc) is 2.70. The molecule has 1 atom stereocenters. The number of benzene rings is 1. The van der Waals surface area contributed by atoms with Gasteiger partial charge in [0.05, 0.1) is 6.20 Å². The fourth-order valence-corrected chi connectivity index (χ4v) is 2.59. The summed E-state index contributed by atoms with van der Waals surface area (Å²) < 4.78 is 14.0. The van der Waals surface area contributed by atoms with Crippen LogP contribution < -0.4 is 0 Å². The molecule has 1 unspecified atom stereocenters. The molecule has 0 radical (unpaired) electrons. The van der Waals surface area contributed by atoms with E-state index in [-0.39, 0.29) is 12.0 Å². The van der Waals surface area contributed by atoms with Gasteiger partial charge in [-0.15, -0.1) is 11.3 Å². The topological polar surface area (TPSA) is 33.1 Å². The second-order valence-corrected chi connectivity index (χ2v) is 5.52. The van der Waals surface area contributed by atoms with Gasteiger partial charge in [0.2, 0.25) is 0 Å². The van der Waals surface area contributed by atoms with Gasteiger partial charge in [0.25, 0.3) is 0 Å². The summed E-state index contributed by atoms with van der Waals surface area (Å²) in [5, 5.41) is 10.7. The van der Waals surface area contributed by atoms with Crippen molar-refractivity contribution in [3.63, 3.8) is 0 Å². The third-order valence-corrected chi connectivity index (χ3v) is 3.81. The molecule has 0 spiro atoms. The van der Waals surface area contributed by atoms with Crippen molar-refractivity contribution in [3.8, 4) is 0 Å². The molecular weight excluding hydrogens is 284 g/mol. The first-order valence-corrected chi connectivity index (χ1v) is 6.37. The molecule has 6 heteroatoms. The Bertz CT molecular complexity index is 512. The minimum Gasteiger partial charge on any atom is -0.386 e. The minimum absolute atomic E-state index is 0.0787. The molecule has 2 rings (SSSR count). The summed E-state index contributed by atoms with van der Waals surface area (Å²) in [4.78, 5) is 3.94. The molecule has 1 aromatic heterocycles. The third-order valence-electron chi connectivity index (χ3n) is 2.24. The van der Waals surface area contributed by atoms with Crippen molar-refractivity contribution in [3.05, 3.63) is 50.1 Å². The average molecular weight is 292 g/mol. The number of hydrogen-bond donors (Lipinski definition) is 1. The first kappa shape index (κ1) is 12.8. The second-order valence-electron chi connectivity index (χ2n) is 3.42. The number of aliphatic hydroxyl groups excluding tert-OH is 1. The zero-order chi connectivity index (χ0) is 12.4. The van der Waals surface area contributed by atoms with Gasteiger partial charge in [-0.2, -0.15) is 0 Å². The molecule has 1 heterocycles. The van der Waals surface area contributed by atoms with Crippen molar-refractivity contribution in [1.29, 1.82) is 0 Å². The largest absolute Gasteiger partial charge is 0.386 e. The maximum Gasteiger partial charge on any atom is 0.127 e. The number of rotatable bonds is 3. The Morgan fingerprint density at radius 2 is 2.18 bits per heavy atom. The maximum atomic E-state index is 13.5. The molecule has 0 aliphatic carbocycles. The summed E-state index contributed by atoms with van der Waals surface area (Å²) in [5.74, 6) is -0.431. The Hall–Kier alpha value is -0.680. The van der Waals surface area contributed by atoms with Crippen LogP contribution in [0.1, 0.15) is 16.7 Å². The SMILES string of the molecule is OC(Cc1c(F)cccc1Cl)c1ncc(Cl)s1. The summed E-state index contributed by atoms with van der Waals surface area (Å²) in [7, 11) is 0. The van der Waals surface area contributed by atoms with Crippen molar-refractivity contribution in [2.45, 2.75) is 12.5 Å². The molecule has 2 aromatic rings. The van der Waals surface area contributed by atoms with Gasteiger partial charge in [-0.05, 0) is 12.1 Å². The van der Waals surface area contributed by atoms with E-state index < -0.39 is 11.9 Å². The van der Waals surface area contributed by atoms with Crippen LogP contribution >= 0.6 is 34.5 Å². The number of halogens is 3. The number of aliphatic hydroxyl groups is 1. The quantitative estimate of drug-likeness (QED) is 0.931. The second kappa shape index (κ2) is 5.31. The van der Waals surface area contributed by atoms with Gasteiger partial charge in [-0.25, -0.2) is 9.37 Å². The predicted molar refractivity (Wildman–Crippen MR) is 67.2 cm³/mol. The maximum absolute atomic E-state index is 13.5. The predicted octanol–water partition coefficient (Wildman–Crippen LogP) is 3.87. The fourth-order valence-electron chi connectivity index (χ4n) is 1.43. The molecule has 0 aliphatic rings. The molecule has 0 aliphatic heterocycles. The molecule has 0 bridgehead atoms. The highest BCUT2D eigenvalue weighted by Gasteiger charge is 2.17. The van der Waals surface area contributed by atoms with Crippen molar-refractivity contribution in [2.24, 2.45) is 0 Å². The van der Waals surface area contributed by atoms with Gasteiger partial charge in [-0.1, -0.05) is 29.3 Å². The van der Waals surface area contributed by atoms with Crippen LogP contribution in [-0.4, -0.2) is 10.1 Å². The van der Waals surface area contributed by atoms with E-state index in [1.54, 1.807) is 6.07 Å². The van der Waals surface area contributed by atoms with E-state index in [4.69, 9.17) is 23.2 Å². The molecule has 0 saturated heterocycles. The molecule has 1 N–H and O–H groups in total. The molecule has 17 heavy (non-hydrogen) atoms. The van der Waals surface area contributed by atoms with E-state index in [0.29, 0.717) is 14.4 Å². The van der Waals surface area contributed by atoms with Crippen molar-refractivity contribution >= 4 is 34.5 Å². The first-order chi connectivity index (χ1) is 8.08. The Balaban J connectivity index is 2.21. The van der Waals surface area contributed by atoms with Gasteiger partial charge in [0, 0.05) is 17.0 Å².